The van der Waals surface area contributed by atoms with Crippen molar-refractivity contribution in [3.05, 3.63) is 129 Å². The lowest BCUT2D eigenvalue weighted by Crippen LogP contribution is -2.49. The maximum absolute atomic E-state index is 14.8. The van der Waals surface area contributed by atoms with E-state index in [1.54, 1.807) is 30.3 Å². The van der Waals surface area contributed by atoms with Crippen molar-refractivity contribution >= 4 is 5.91 Å². The summed E-state index contributed by atoms with van der Waals surface area (Å²) in [4.78, 5) is 18.5. The molecule has 46 heavy (non-hydrogen) atoms. The van der Waals surface area contributed by atoms with Crippen molar-refractivity contribution in [2.75, 3.05) is 20.2 Å². The SMILES string of the molecule is COc1cc(OCc2ccc(C)cc2)ccc1CN(CC(F)(F)F)C(=O)C1(CCCCN=[N+]=[N-])c2ccccc2-c2ccccc21. The topological polar surface area (TPSA) is 87.5 Å². The van der Waals surface area contributed by atoms with Crippen molar-refractivity contribution in [2.45, 2.75) is 50.9 Å². The molecule has 0 N–H and O–H groups in total. The number of carbonyl (C=O) groups excluding carboxylic acids is 1. The van der Waals surface area contributed by atoms with Gasteiger partial charge >= 0.3 is 6.18 Å². The van der Waals surface area contributed by atoms with Crippen LogP contribution in [0.25, 0.3) is 21.6 Å². The number of ether oxygens (including phenoxy) is 2. The second kappa shape index (κ2) is 14.0. The summed E-state index contributed by atoms with van der Waals surface area (Å²) in [5.74, 6) is 0.162. The number of hydrogen-bond acceptors (Lipinski definition) is 4. The lowest BCUT2D eigenvalue weighted by atomic mass is 9.73. The van der Waals surface area contributed by atoms with E-state index in [0.717, 1.165) is 27.2 Å². The van der Waals surface area contributed by atoms with Crippen molar-refractivity contribution in [1.29, 1.82) is 0 Å². The van der Waals surface area contributed by atoms with Gasteiger partial charge < -0.3 is 14.4 Å². The van der Waals surface area contributed by atoms with Gasteiger partial charge in [0.05, 0.1) is 7.11 Å². The van der Waals surface area contributed by atoms with Gasteiger partial charge in [0.2, 0.25) is 5.91 Å². The van der Waals surface area contributed by atoms with Crippen LogP contribution in [0.2, 0.25) is 0 Å². The van der Waals surface area contributed by atoms with E-state index in [1.165, 1.54) is 7.11 Å². The third-order valence-electron chi connectivity index (χ3n) is 8.36. The molecule has 238 valence electrons. The third-order valence-corrected chi connectivity index (χ3v) is 8.36. The van der Waals surface area contributed by atoms with Crippen molar-refractivity contribution in [3.8, 4) is 22.6 Å². The molecule has 0 aromatic heterocycles. The molecule has 0 fully saturated rings. The van der Waals surface area contributed by atoms with Crippen LogP contribution in [-0.2, 0) is 23.4 Å². The lowest BCUT2D eigenvalue weighted by Gasteiger charge is -2.37. The third kappa shape index (κ3) is 6.97. The molecular formula is C36H35F3N4O3. The van der Waals surface area contributed by atoms with E-state index in [-0.39, 0.29) is 19.5 Å². The van der Waals surface area contributed by atoms with Gasteiger partial charge in [-0.3, -0.25) is 4.79 Å². The highest BCUT2D eigenvalue weighted by Crippen LogP contribution is 2.52. The number of hydrogen-bond donors (Lipinski definition) is 0. The molecule has 7 nitrogen and oxygen atoms in total. The largest absolute Gasteiger partial charge is 0.496 e. The van der Waals surface area contributed by atoms with Gasteiger partial charge in [-0.25, -0.2) is 0 Å². The first-order valence-electron chi connectivity index (χ1n) is 15.1. The van der Waals surface area contributed by atoms with Crippen LogP contribution in [0.15, 0.2) is 96.1 Å². The fourth-order valence-electron chi connectivity index (χ4n) is 6.24. The van der Waals surface area contributed by atoms with E-state index in [9.17, 15) is 18.0 Å². The highest BCUT2D eigenvalue weighted by molar-refractivity contribution is 6.00. The molecule has 0 radical (unpaired) electrons. The Hall–Kier alpha value is -4.95. The Bertz CT molecular complexity index is 1690. The van der Waals surface area contributed by atoms with Gasteiger partial charge in [-0.05, 0) is 65.2 Å². The predicted molar refractivity (Wildman–Crippen MR) is 170 cm³/mol. The minimum absolute atomic E-state index is 0.228. The van der Waals surface area contributed by atoms with Crippen molar-refractivity contribution in [2.24, 2.45) is 5.11 Å². The summed E-state index contributed by atoms with van der Waals surface area (Å²) in [5, 5.41) is 3.60. The zero-order valence-corrected chi connectivity index (χ0v) is 25.8. The summed E-state index contributed by atoms with van der Waals surface area (Å²) in [5.41, 5.74) is 12.9. The van der Waals surface area contributed by atoms with Gasteiger partial charge in [-0.15, -0.1) is 0 Å². The highest BCUT2D eigenvalue weighted by atomic mass is 19.4. The molecule has 4 aromatic carbocycles. The number of unbranched alkanes of at least 4 members (excludes halogenated alkanes) is 1. The fraction of sp³-hybridized carbons (Fsp3) is 0.306. The molecule has 0 saturated carbocycles. The number of amides is 1. The first-order chi connectivity index (χ1) is 22.2. The highest BCUT2D eigenvalue weighted by Gasteiger charge is 2.51. The average molecular weight is 629 g/mol. The quantitative estimate of drug-likeness (QED) is 0.0641. The molecule has 0 spiro atoms. The Morgan fingerprint density at radius 1 is 0.935 bits per heavy atom. The molecule has 1 aliphatic rings. The second-order valence-corrected chi connectivity index (χ2v) is 11.4. The molecule has 1 aliphatic carbocycles. The first kappa shape index (κ1) is 32.4. The van der Waals surface area contributed by atoms with E-state index in [2.05, 4.69) is 10.0 Å². The number of azide groups is 1. The summed E-state index contributed by atoms with van der Waals surface area (Å²) < 4.78 is 54.1. The van der Waals surface area contributed by atoms with Crippen LogP contribution in [0, 0.1) is 6.92 Å². The number of aryl methyl sites for hydroxylation is 1. The Morgan fingerprint density at radius 3 is 2.20 bits per heavy atom. The molecule has 1 amide bonds. The van der Waals surface area contributed by atoms with Crippen molar-refractivity contribution in [3.63, 3.8) is 0 Å². The first-order valence-corrected chi connectivity index (χ1v) is 15.1. The van der Waals surface area contributed by atoms with E-state index < -0.39 is 24.0 Å². The fourth-order valence-corrected chi connectivity index (χ4v) is 6.24. The number of methoxy groups -OCH3 is 1. The summed E-state index contributed by atoms with van der Waals surface area (Å²) >= 11 is 0. The molecule has 4 aromatic rings. The monoisotopic (exact) mass is 628 g/mol. The van der Waals surface area contributed by atoms with Gasteiger partial charge in [0.1, 0.15) is 30.1 Å². The van der Waals surface area contributed by atoms with Gasteiger partial charge in [-0.1, -0.05) is 89.9 Å². The molecule has 0 unspecified atom stereocenters. The summed E-state index contributed by atoms with van der Waals surface area (Å²) in [6, 6.07) is 27.6. The zero-order chi connectivity index (χ0) is 32.7. The van der Waals surface area contributed by atoms with Crippen LogP contribution in [0.5, 0.6) is 11.5 Å². The molecule has 0 heterocycles. The Labute approximate surface area is 266 Å². The van der Waals surface area contributed by atoms with Crippen LogP contribution < -0.4 is 9.47 Å². The maximum Gasteiger partial charge on any atom is 0.406 e. The number of halogens is 3. The predicted octanol–water partition coefficient (Wildman–Crippen LogP) is 8.92. The number of carbonyl (C=O) groups is 1. The molecule has 0 atom stereocenters. The van der Waals surface area contributed by atoms with Gasteiger partial charge in [0.15, 0.2) is 0 Å². The second-order valence-electron chi connectivity index (χ2n) is 11.4. The molecule has 0 bridgehead atoms. The van der Waals surface area contributed by atoms with E-state index >= 15 is 0 Å². The van der Waals surface area contributed by atoms with Gasteiger partial charge in [0.25, 0.3) is 0 Å². The van der Waals surface area contributed by atoms with Gasteiger partial charge in [0, 0.05) is 29.6 Å². The Balaban J connectivity index is 1.50. The molecular weight excluding hydrogens is 593 g/mol. The standard InChI is InChI=1S/C36H35F3N4O3/c1-25-13-15-26(16-14-25)23-46-28-18-17-27(33(21-28)45-2)22-43(24-36(37,38)39)34(44)35(19-7-8-20-41-42-40)31-11-5-3-9-29(31)30-10-4-6-12-32(30)35/h3-6,9-18,21H,7-8,19-20,22-24H2,1-2H3. The lowest BCUT2D eigenvalue weighted by molar-refractivity contribution is -0.165. The molecule has 0 aliphatic heterocycles. The average Bonchev–Trinajstić information content (AvgIpc) is 3.34. The van der Waals surface area contributed by atoms with Crippen molar-refractivity contribution < 1.29 is 27.4 Å². The Kier molecular flexibility index (Phi) is 9.87. The number of fused-ring (bicyclic) bond motifs is 3. The van der Waals surface area contributed by atoms with E-state index in [0.29, 0.717) is 47.6 Å². The van der Waals surface area contributed by atoms with Crippen LogP contribution in [0.3, 0.4) is 0 Å². The smallest absolute Gasteiger partial charge is 0.406 e. The van der Waals surface area contributed by atoms with Crippen molar-refractivity contribution in [1.82, 2.24) is 4.90 Å². The summed E-state index contributed by atoms with van der Waals surface area (Å²) in [6.07, 6.45) is -3.46. The molecule has 5 rings (SSSR count). The van der Waals surface area contributed by atoms with Crippen LogP contribution in [0.4, 0.5) is 13.2 Å². The number of alkyl halides is 3. The Morgan fingerprint density at radius 2 is 1.59 bits per heavy atom. The van der Waals surface area contributed by atoms with E-state index in [1.807, 2.05) is 67.6 Å². The number of benzene rings is 4. The molecule has 10 heteroatoms. The van der Waals surface area contributed by atoms with Crippen LogP contribution in [0.1, 0.15) is 47.1 Å². The minimum atomic E-state index is -4.65. The summed E-state index contributed by atoms with van der Waals surface area (Å²) in [7, 11) is 1.44. The van der Waals surface area contributed by atoms with Crippen LogP contribution in [-0.4, -0.2) is 37.2 Å². The summed E-state index contributed by atoms with van der Waals surface area (Å²) in [6.45, 7) is 0.767. The minimum Gasteiger partial charge on any atom is -0.496 e. The van der Waals surface area contributed by atoms with Gasteiger partial charge in [-0.2, -0.15) is 13.2 Å². The maximum atomic E-state index is 14.8. The van der Waals surface area contributed by atoms with Crippen LogP contribution >= 0.6 is 0 Å². The number of nitrogens with zero attached hydrogens (tertiary/aromatic N) is 4. The number of rotatable bonds is 13. The normalized spacial score (nSPS) is 12.9. The van der Waals surface area contributed by atoms with E-state index in [4.69, 9.17) is 15.0 Å². The zero-order valence-electron chi connectivity index (χ0n) is 25.8. The molecule has 0 saturated heterocycles.